The summed E-state index contributed by atoms with van der Waals surface area (Å²) in [7, 11) is -2.23. The van der Waals surface area contributed by atoms with Crippen molar-refractivity contribution in [3.63, 3.8) is 0 Å². The third-order valence-corrected chi connectivity index (χ3v) is 5.00. The van der Waals surface area contributed by atoms with Crippen LogP contribution in [0.5, 0.6) is 0 Å². The van der Waals surface area contributed by atoms with Gasteiger partial charge in [-0.3, -0.25) is 4.79 Å². The molecule has 0 bridgehead atoms. The summed E-state index contributed by atoms with van der Waals surface area (Å²) in [6.45, 7) is 1.99. The van der Waals surface area contributed by atoms with Crippen LogP contribution in [0.4, 0.5) is 0 Å². The van der Waals surface area contributed by atoms with Gasteiger partial charge >= 0.3 is 0 Å². The number of hydrogen-bond donors (Lipinski definition) is 2. The maximum absolute atomic E-state index is 12.4. The molecule has 0 spiro atoms. The molecule has 0 aliphatic rings. The van der Waals surface area contributed by atoms with Crippen molar-refractivity contribution < 1.29 is 13.2 Å². The van der Waals surface area contributed by atoms with Crippen molar-refractivity contribution in [3.8, 4) is 0 Å². The first-order valence-electron chi connectivity index (χ1n) is 7.37. The molecular weight excluding hydrogens is 312 g/mol. The molecule has 2 N–H and O–H groups in total. The molecule has 0 fully saturated rings. The van der Waals surface area contributed by atoms with Crippen molar-refractivity contribution >= 4 is 15.9 Å². The molecule has 6 heteroatoms. The number of nitrogens with one attached hydrogen (secondary N) is 2. The molecule has 0 aliphatic heterocycles. The largest absolute Gasteiger partial charge is 0.345 e. The molecule has 23 heavy (non-hydrogen) atoms. The van der Waals surface area contributed by atoms with E-state index in [4.69, 9.17) is 0 Å². The molecule has 2 aromatic rings. The SMILES string of the molecule is CCC(NC(=O)c1cccc(S(=O)(=O)NC)c1)c1ccccc1. The van der Waals surface area contributed by atoms with Crippen LogP contribution in [-0.4, -0.2) is 21.4 Å². The fourth-order valence-electron chi connectivity index (χ4n) is 2.27. The van der Waals surface area contributed by atoms with Gasteiger partial charge in [-0.25, -0.2) is 13.1 Å². The van der Waals surface area contributed by atoms with Crippen LogP contribution in [0.25, 0.3) is 0 Å². The summed E-state index contributed by atoms with van der Waals surface area (Å²) in [5.74, 6) is -0.297. The number of sulfonamides is 1. The van der Waals surface area contributed by atoms with Crippen LogP contribution in [0.2, 0.25) is 0 Å². The molecule has 1 amide bonds. The Morgan fingerprint density at radius 1 is 1.09 bits per heavy atom. The van der Waals surface area contributed by atoms with Crippen LogP contribution in [0.1, 0.15) is 35.3 Å². The molecule has 1 unspecified atom stereocenters. The molecule has 122 valence electrons. The number of hydrogen-bond acceptors (Lipinski definition) is 3. The first kappa shape index (κ1) is 17.2. The van der Waals surface area contributed by atoms with E-state index in [1.807, 2.05) is 37.3 Å². The zero-order valence-electron chi connectivity index (χ0n) is 13.1. The average Bonchev–Trinajstić information content (AvgIpc) is 2.60. The van der Waals surface area contributed by atoms with Crippen LogP contribution >= 0.6 is 0 Å². The normalized spacial score (nSPS) is 12.6. The highest BCUT2D eigenvalue weighted by atomic mass is 32.2. The zero-order chi connectivity index (χ0) is 16.9. The molecule has 2 rings (SSSR count). The van der Waals surface area contributed by atoms with Crippen molar-refractivity contribution in [2.24, 2.45) is 0 Å². The van der Waals surface area contributed by atoms with Gasteiger partial charge in [-0.15, -0.1) is 0 Å². The number of rotatable bonds is 6. The minimum Gasteiger partial charge on any atom is -0.345 e. The summed E-state index contributed by atoms with van der Waals surface area (Å²) in [5, 5.41) is 2.94. The maximum atomic E-state index is 12.4. The lowest BCUT2D eigenvalue weighted by atomic mass is 10.0. The van der Waals surface area contributed by atoms with Crippen LogP contribution < -0.4 is 10.0 Å². The standard InChI is InChI=1S/C17H20N2O3S/c1-3-16(13-8-5-4-6-9-13)19-17(20)14-10-7-11-15(12-14)23(21,22)18-2/h4-12,16,18H,3H2,1-2H3,(H,19,20). The molecule has 0 saturated heterocycles. The van der Waals surface area contributed by atoms with Crippen molar-refractivity contribution in [1.82, 2.24) is 10.0 Å². The van der Waals surface area contributed by atoms with Gasteiger partial charge in [-0.1, -0.05) is 43.3 Å². The fourth-order valence-corrected chi connectivity index (χ4v) is 3.05. The Labute approximate surface area is 136 Å². The Bertz CT molecular complexity index is 773. The quantitative estimate of drug-likeness (QED) is 0.853. The van der Waals surface area contributed by atoms with Gasteiger partial charge in [0.2, 0.25) is 10.0 Å². The lowest BCUT2D eigenvalue weighted by Crippen LogP contribution is -2.28. The van der Waals surface area contributed by atoms with Gasteiger partial charge in [0.05, 0.1) is 10.9 Å². The predicted molar refractivity (Wildman–Crippen MR) is 89.6 cm³/mol. The third-order valence-electron chi connectivity index (χ3n) is 3.59. The van der Waals surface area contributed by atoms with Crippen molar-refractivity contribution in [3.05, 3.63) is 65.7 Å². The summed E-state index contributed by atoms with van der Waals surface area (Å²) in [4.78, 5) is 12.5. The predicted octanol–water partition coefficient (Wildman–Crippen LogP) is 2.48. The molecular formula is C17H20N2O3S. The second-order valence-corrected chi connectivity index (χ2v) is 6.97. The van der Waals surface area contributed by atoms with Crippen molar-refractivity contribution in [2.45, 2.75) is 24.3 Å². The Morgan fingerprint density at radius 3 is 2.39 bits per heavy atom. The molecule has 0 aliphatic carbocycles. The van der Waals surface area contributed by atoms with Crippen LogP contribution in [0, 0.1) is 0 Å². The monoisotopic (exact) mass is 332 g/mol. The summed E-state index contributed by atoms with van der Waals surface area (Å²) < 4.78 is 25.9. The van der Waals surface area contributed by atoms with Gasteiger partial charge in [0.1, 0.15) is 0 Å². The molecule has 0 heterocycles. The molecule has 0 radical (unpaired) electrons. The summed E-state index contributed by atoms with van der Waals surface area (Å²) >= 11 is 0. The van der Waals surface area contributed by atoms with Crippen LogP contribution in [0.3, 0.4) is 0 Å². The Balaban J connectivity index is 2.22. The molecule has 1 atom stereocenters. The zero-order valence-corrected chi connectivity index (χ0v) is 13.9. The molecule has 0 saturated carbocycles. The third kappa shape index (κ3) is 4.18. The average molecular weight is 332 g/mol. The molecule has 2 aromatic carbocycles. The highest BCUT2D eigenvalue weighted by Gasteiger charge is 2.17. The molecule has 5 nitrogen and oxygen atoms in total. The molecule has 0 aromatic heterocycles. The van der Waals surface area contributed by atoms with E-state index in [9.17, 15) is 13.2 Å². The smallest absolute Gasteiger partial charge is 0.251 e. The topological polar surface area (TPSA) is 75.3 Å². The van der Waals surface area contributed by atoms with Crippen molar-refractivity contribution in [1.29, 1.82) is 0 Å². The summed E-state index contributed by atoms with van der Waals surface area (Å²) in [5.41, 5.74) is 1.33. The van der Waals surface area contributed by atoms with E-state index in [1.54, 1.807) is 12.1 Å². The van der Waals surface area contributed by atoms with Gasteiger partial charge in [0.15, 0.2) is 0 Å². The van der Waals surface area contributed by atoms with E-state index in [0.29, 0.717) is 5.56 Å². The van der Waals surface area contributed by atoms with E-state index in [1.165, 1.54) is 19.2 Å². The first-order chi connectivity index (χ1) is 11.0. The fraction of sp³-hybridized carbons (Fsp3) is 0.235. The Kier molecular flexibility index (Phi) is 5.52. The van der Waals surface area contributed by atoms with Gasteiger partial charge in [0.25, 0.3) is 5.91 Å². The van der Waals surface area contributed by atoms with E-state index in [-0.39, 0.29) is 16.8 Å². The lowest BCUT2D eigenvalue weighted by Gasteiger charge is -2.17. The van der Waals surface area contributed by atoms with Gasteiger partial charge < -0.3 is 5.32 Å². The van der Waals surface area contributed by atoms with Gasteiger partial charge in [-0.05, 0) is 37.2 Å². The van der Waals surface area contributed by atoms with E-state index in [0.717, 1.165) is 12.0 Å². The Hall–Kier alpha value is -2.18. The minimum absolute atomic E-state index is 0.0698. The number of carbonyl (C=O) groups is 1. The van der Waals surface area contributed by atoms with E-state index < -0.39 is 10.0 Å². The Morgan fingerprint density at radius 2 is 1.78 bits per heavy atom. The first-order valence-corrected chi connectivity index (χ1v) is 8.85. The van der Waals surface area contributed by atoms with Gasteiger partial charge in [-0.2, -0.15) is 0 Å². The highest BCUT2D eigenvalue weighted by Crippen LogP contribution is 2.18. The lowest BCUT2D eigenvalue weighted by molar-refractivity contribution is 0.0935. The van der Waals surface area contributed by atoms with Crippen LogP contribution in [0.15, 0.2) is 59.5 Å². The number of amides is 1. The summed E-state index contributed by atoms with van der Waals surface area (Å²) in [6.07, 6.45) is 0.740. The number of benzene rings is 2. The second-order valence-electron chi connectivity index (χ2n) is 5.08. The highest BCUT2D eigenvalue weighted by molar-refractivity contribution is 7.89. The van der Waals surface area contributed by atoms with E-state index in [2.05, 4.69) is 10.0 Å². The summed E-state index contributed by atoms with van der Waals surface area (Å²) in [6, 6.07) is 15.5. The number of carbonyl (C=O) groups excluding carboxylic acids is 1. The van der Waals surface area contributed by atoms with Crippen LogP contribution in [-0.2, 0) is 10.0 Å². The van der Waals surface area contributed by atoms with E-state index >= 15 is 0 Å². The van der Waals surface area contributed by atoms with Crippen molar-refractivity contribution in [2.75, 3.05) is 7.05 Å². The maximum Gasteiger partial charge on any atom is 0.251 e. The minimum atomic E-state index is -3.57. The second kappa shape index (κ2) is 7.39. The van der Waals surface area contributed by atoms with Gasteiger partial charge in [0, 0.05) is 5.56 Å².